The first-order valence-corrected chi connectivity index (χ1v) is 9.53. The number of halogens is 1. The van der Waals surface area contributed by atoms with E-state index in [4.69, 9.17) is 4.74 Å². The number of hydrogen-bond acceptors (Lipinski definition) is 6. The predicted molar refractivity (Wildman–Crippen MR) is 98.5 cm³/mol. The van der Waals surface area contributed by atoms with E-state index in [1.165, 1.54) is 12.1 Å². The molecule has 1 aromatic carbocycles. The van der Waals surface area contributed by atoms with E-state index in [2.05, 4.69) is 22.3 Å². The maximum Gasteiger partial charge on any atom is 0.338 e. The number of nitrogens with zero attached hydrogens (tertiary/aromatic N) is 3. The number of ether oxygens (including phenoxy) is 1. The first-order valence-electron chi connectivity index (χ1n) is 8.54. The number of esters is 1. The van der Waals surface area contributed by atoms with E-state index < -0.39 is 12.0 Å². The highest BCUT2D eigenvalue weighted by Gasteiger charge is 2.35. The minimum absolute atomic E-state index is 0.271. The van der Waals surface area contributed by atoms with E-state index >= 15 is 0 Å². The number of carbonyl (C=O) groups excluding carboxylic acids is 1. The number of aromatic nitrogens is 3. The highest BCUT2D eigenvalue weighted by molar-refractivity contribution is 7.99. The number of nitrogens with one attached hydrogen (secondary N) is 1. The van der Waals surface area contributed by atoms with Crippen LogP contribution in [0.15, 0.2) is 40.7 Å². The molecule has 8 heteroatoms. The van der Waals surface area contributed by atoms with Crippen molar-refractivity contribution in [3.63, 3.8) is 0 Å². The van der Waals surface area contributed by atoms with Gasteiger partial charge in [0.05, 0.1) is 12.2 Å². The quantitative estimate of drug-likeness (QED) is 0.611. The molecule has 0 radical (unpaired) electrons. The molecule has 1 N–H and O–H groups in total. The molecule has 6 nitrogen and oxygen atoms in total. The molecular weight excluding hydrogens is 355 g/mol. The fourth-order valence-electron chi connectivity index (χ4n) is 2.81. The lowest BCUT2D eigenvalue weighted by Crippen LogP contribution is -2.29. The standard InChI is InChI=1S/C18H21FN4O2S/c1-4-10-26-18-21-17-20-11(3)14(16(24)25-5-2)15(23(17)22-18)12-6-8-13(19)9-7-12/h6-9,15H,4-5,10H2,1-3H3,(H,20,21,22)/t15-/m1/s1. The molecule has 3 rings (SSSR count). The van der Waals surface area contributed by atoms with Gasteiger partial charge in [-0.15, -0.1) is 5.10 Å². The molecule has 1 aliphatic heterocycles. The molecule has 26 heavy (non-hydrogen) atoms. The van der Waals surface area contributed by atoms with E-state index in [1.54, 1.807) is 42.4 Å². The lowest BCUT2D eigenvalue weighted by atomic mass is 9.96. The molecule has 2 heterocycles. The Labute approximate surface area is 155 Å². The van der Waals surface area contributed by atoms with Crippen molar-refractivity contribution in [1.29, 1.82) is 0 Å². The number of hydrogen-bond donors (Lipinski definition) is 1. The molecular formula is C18H21FN4O2S. The van der Waals surface area contributed by atoms with Gasteiger partial charge < -0.3 is 10.1 Å². The Morgan fingerprint density at radius 1 is 1.35 bits per heavy atom. The van der Waals surface area contributed by atoms with Crippen molar-refractivity contribution in [3.05, 3.63) is 46.9 Å². The molecule has 0 saturated carbocycles. The van der Waals surface area contributed by atoms with Crippen LogP contribution in [-0.4, -0.2) is 33.1 Å². The summed E-state index contributed by atoms with van der Waals surface area (Å²) in [6.45, 7) is 5.93. The Bertz CT molecular complexity index is 832. The number of allylic oxidation sites excluding steroid dienone is 1. The van der Waals surface area contributed by atoms with Gasteiger partial charge in [-0.25, -0.2) is 13.9 Å². The van der Waals surface area contributed by atoms with Gasteiger partial charge in [0.2, 0.25) is 11.1 Å². The predicted octanol–water partition coefficient (Wildman–Crippen LogP) is 3.77. The molecule has 0 fully saturated rings. The van der Waals surface area contributed by atoms with Crippen LogP contribution >= 0.6 is 11.8 Å². The fourth-order valence-corrected chi connectivity index (χ4v) is 3.50. The highest BCUT2D eigenvalue weighted by Crippen LogP contribution is 2.36. The second-order valence-corrected chi connectivity index (χ2v) is 6.91. The molecule has 0 aliphatic carbocycles. The average molecular weight is 376 g/mol. The molecule has 1 atom stereocenters. The van der Waals surface area contributed by atoms with Gasteiger partial charge in [-0.3, -0.25) is 0 Å². The third-order valence-electron chi connectivity index (χ3n) is 3.95. The van der Waals surface area contributed by atoms with Crippen molar-refractivity contribution >= 4 is 23.7 Å². The summed E-state index contributed by atoms with van der Waals surface area (Å²) in [5.74, 6) is 0.709. The molecule has 0 spiro atoms. The van der Waals surface area contributed by atoms with E-state index in [9.17, 15) is 9.18 Å². The Morgan fingerprint density at radius 2 is 2.08 bits per heavy atom. The van der Waals surface area contributed by atoms with E-state index in [0.717, 1.165) is 17.7 Å². The topological polar surface area (TPSA) is 69.0 Å². The summed E-state index contributed by atoms with van der Waals surface area (Å²) >= 11 is 1.56. The van der Waals surface area contributed by atoms with Crippen LogP contribution in [0.4, 0.5) is 10.3 Å². The van der Waals surface area contributed by atoms with Gasteiger partial charge in [0.15, 0.2) is 0 Å². The van der Waals surface area contributed by atoms with E-state index in [0.29, 0.717) is 22.4 Å². The van der Waals surface area contributed by atoms with Crippen molar-refractivity contribution in [2.45, 2.75) is 38.4 Å². The van der Waals surface area contributed by atoms with Crippen LogP contribution in [-0.2, 0) is 9.53 Å². The summed E-state index contributed by atoms with van der Waals surface area (Å²) in [7, 11) is 0. The van der Waals surface area contributed by atoms with Crippen LogP contribution in [0.5, 0.6) is 0 Å². The molecule has 0 bridgehead atoms. The zero-order valence-corrected chi connectivity index (χ0v) is 15.8. The van der Waals surface area contributed by atoms with Gasteiger partial charge in [-0.1, -0.05) is 30.8 Å². The van der Waals surface area contributed by atoms with Crippen molar-refractivity contribution in [1.82, 2.24) is 14.8 Å². The maximum atomic E-state index is 13.4. The van der Waals surface area contributed by atoms with Gasteiger partial charge in [-0.05, 0) is 38.0 Å². The number of fused-ring (bicyclic) bond motifs is 1. The highest BCUT2D eigenvalue weighted by atomic mass is 32.2. The maximum absolute atomic E-state index is 13.4. The lowest BCUT2D eigenvalue weighted by Gasteiger charge is -2.28. The first-order chi connectivity index (χ1) is 12.5. The molecule has 1 aliphatic rings. The summed E-state index contributed by atoms with van der Waals surface area (Å²) < 4.78 is 20.3. The smallest absolute Gasteiger partial charge is 0.338 e. The zero-order chi connectivity index (χ0) is 18.7. The fraction of sp³-hybridized carbons (Fsp3) is 0.389. The second-order valence-electron chi connectivity index (χ2n) is 5.85. The third-order valence-corrected chi connectivity index (χ3v) is 4.99. The van der Waals surface area contributed by atoms with Crippen LogP contribution in [0.3, 0.4) is 0 Å². The Balaban J connectivity index is 2.08. The Hall–Kier alpha value is -2.35. The van der Waals surface area contributed by atoms with Gasteiger partial charge in [0.1, 0.15) is 11.9 Å². The Morgan fingerprint density at radius 3 is 2.73 bits per heavy atom. The van der Waals surface area contributed by atoms with Crippen molar-refractivity contribution in [3.8, 4) is 0 Å². The van der Waals surface area contributed by atoms with Gasteiger partial charge >= 0.3 is 5.97 Å². The van der Waals surface area contributed by atoms with E-state index in [1.807, 2.05) is 0 Å². The summed E-state index contributed by atoms with van der Waals surface area (Å²) in [4.78, 5) is 17.1. The van der Waals surface area contributed by atoms with E-state index in [-0.39, 0.29) is 12.4 Å². The summed E-state index contributed by atoms with van der Waals surface area (Å²) in [6.07, 6.45) is 1.01. The zero-order valence-electron chi connectivity index (χ0n) is 15.0. The SMILES string of the molecule is CCCSc1nc2n(n1)[C@H](c1ccc(F)cc1)C(C(=O)OCC)=C(C)N2. The lowest BCUT2D eigenvalue weighted by molar-refractivity contribution is -0.139. The molecule has 0 amide bonds. The van der Waals surface area contributed by atoms with Crippen LogP contribution in [0.1, 0.15) is 38.8 Å². The van der Waals surface area contributed by atoms with Crippen LogP contribution in [0.25, 0.3) is 0 Å². The summed E-state index contributed by atoms with van der Waals surface area (Å²) in [5, 5.41) is 8.34. The summed E-state index contributed by atoms with van der Waals surface area (Å²) in [6, 6.07) is 5.54. The molecule has 0 unspecified atom stereocenters. The largest absolute Gasteiger partial charge is 0.463 e. The van der Waals surface area contributed by atoms with Gasteiger partial charge in [0.25, 0.3) is 0 Å². The molecule has 0 saturated heterocycles. The summed E-state index contributed by atoms with van der Waals surface area (Å²) in [5.41, 5.74) is 1.85. The minimum atomic E-state index is -0.519. The Kier molecular flexibility index (Phi) is 5.61. The normalized spacial score (nSPS) is 16.2. The van der Waals surface area contributed by atoms with Crippen LogP contribution in [0, 0.1) is 5.82 Å². The number of benzene rings is 1. The van der Waals surface area contributed by atoms with Crippen molar-refractivity contribution in [2.24, 2.45) is 0 Å². The molecule has 138 valence electrons. The van der Waals surface area contributed by atoms with Gasteiger partial charge in [0, 0.05) is 11.4 Å². The molecule has 2 aromatic rings. The number of anilines is 1. The molecule has 1 aromatic heterocycles. The first kappa shape index (κ1) is 18.4. The number of carbonyl (C=O) groups is 1. The minimum Gasteiger partial charge on any atom is -0.463 e. The third kappa shape index (κ3) is 3.60. The van der Waals surface area contributed by atoms with Crippen LogP contribution in [0.2, 0.25) is 0 Å². The number of thioether (sulfide) groups is 1. The average Bonchev–Trinajstić information content (AvgIpc) is 3.02. The van der Waals surface area contributed by atoms with Crippen molar-refractivity contribution in [2.75, 3.05) is 17.7 Å². The second kappa shape index (κ2) is 7.90. The van der Waals surface area contributed by atoms with Crippen LogP contribution < -0.4 is 5.32 Å². The monoisotopic (exact) mass is 376 g/mol. The van der Waals surface area contributed by atoms with Gasteiger partial charge in [-0.2, -0.15) is 4.98 Å². The van der Waals surface area contributed by atoms with Crippen molar-refractivity contribution < 1.29 is 13.9 Å². The number of rotatable bonds is 6.